The van der Waals surface area contributed by atoms with Gasteiger partial charge in [0.15, 0.2) is 11.8 Å². The summed E-state index contributed by atoms with van der Waals surface area (Å²) in [6.07, 6.45) is 5.71. The van der Waals surface area contributed by atoms with Crippen LogP contribution in [-0.2, 0) is 9.59 Å². The van der Waals surface area contributed by atoms with Gasteiger partial charge in [0, 0.05) is 11.7 Å². The molecular formula is C23H30FN4O3+. The van der Waals surface area contributed by atoms with Crippen LogP contribution in [0.5, 0.6) is 0 Å². The van der Waals surface area contributed by atoms with E-state index in [-0.39, 0.29) is 17.9 Å². The highest BCUT2D eigenvalue weighted by molar-refractivity contribution is 6.35. The van der Waals surface area contributed by atoms with Gasteiger partial charge in [-0.1, -0.05) is 12.8 Å². The second-order valence-electron chi connectivity index (χ2n) is 8.35. The second-order valence-corrected chi connectivity index (χ2v) is 8.35. The maximum Gasteiger partial charge on any atom is 0.309 e. The molecule has 0 spiro atoms. The Balaban J connectivity index is 1.33. The number of nitrogens with zero attached hydrogens (tertiary/aromatic N) is 1. The fraction of sp³-hybridized carbons (Fsp3) is 0.478. The molecule has 2 aromatic rings. The standard InChI is InChI=1S/C23H29FN4O3/c24-17-7-9-19(10-8-17)27-11-13-28(14-12-27)20(21-6-3-15-31-21)16-25-22(29)23(30)26-18-4-1-2-5-18/h3,6-10,15,18,20H,1-2,4-5,11-14,16H2,(H,25,29)(H,26,30)/p+1/t20-/m0/s1. The number of anilines is 1. The van der Waals surface area contributed by atoms with Crippen LogP contribution in [0.2, 0.25) is 0 Å². The molecule has 2 heterocycles. The maximum absolute atomic E-state index is 13.2. The van der Waals surface area contributed by atoms with Gasteiger partial charge >= 0.3 is 11.8 Å². The van der Waals surface area contributed by atoms with Crippen molar-refractivity contribution in [3.05, 3.63) is 54.2 Å². The smallest absolute Gasteiger partial charge is 0.309 e. The summed E-state index contributed by atoms with van der Waals surface area (Å²) in [6.45, 7) is 3.64. The number of rotatable bonds is 6. The summed E-state index contributed by atoms with van der Waals surface area (Å²) in [5.74, 6) is -0.589. The highest BCUT2D eigenvalue weighted by Gasteiger charge is 2.32. The first-order chi connectivity index (χ1) is 15.1. The van der Waals surface area contributed by atoms with E-state index in [0.29, 0.717) is 6.54 Å². The Kier molecular flexibility index (Phi) is 6.86. The van der Waals surface area contributed by atoms with Crippen LogP contribution in [0.25, 0.3) is 0 Å². The van der Waals surface area contributed by atoms with Crippen LogP contribution >= 0.6 is 0 Å². The van der Waals surface area contributed by atoms with Crippen LogP contribution in [0.3, 0.4) is 0 Å². The van der Waals surface area contributed by atoms with Crippen molar-refractivity contribution in [3.63, 3.8) is 0 Å². The van der Waals surface area contributed by atoms with Crippen molar-refractivity contribution in [2.24, 2.45) is 0 Å². The number of quaternary nitrogens is 1. The van der Waals surface area contributed by atoms with Crippen molar-refractivity contribution in [1.29, 1.82) is 0 Å². The Morgan fingerprint density at radius 3 is 2.45 bits per heavy atom. The first kappa shape index (κ1) is 21.4. The Hall–Kier alpha value is -2.87. The van der Waals surface area contributed by atoms with E-state index in [1.165, 1.54) is 17.0 Å². The van der Waals surface area contributed by atoms with E-state index in [2.05, 4.69) is 15.5 Å². The third-order valence-electron chi connectivity index (χ3n) is 6.34. The molecule has 1 aromatic carbocycles. The summed E-state index contributed by atoms with van der Waals surface area (Å²) in [6, 6.07) is 10.3. The zero-order chi connectivity index (χ0) is 21.6. The predicted octanol–water partition coefficient (Wildman–Crippen LogP) is 1.04. The molecule has 0 unspecified atom stereocenters. The van der Waals surface area contributed by atoms with E-state index in [0.717, 1.165) is 63.3 Å². The number of halogens is 1. The fourth-order valence-corrected chi connectivity index (χ4v) is 4.58. The number of carbonyl (C=O) groups is 2. The number of nitrogens with one attached hydrogen (secondary N) is 3. The highest BCUT2D eigenvalue weighted by Crippen LogP contribution is 2.18. The van der Waals surface area contributed by atoms with Gasteiger partial charge in [-0.25, -0.2) is 4.39 Å². The van der Waals surface area contributed by atoms with Gasteiger partial charge in [0.05, 0.1) is 39.0 Å². The van der Waals surface area contributed by atoms with Crippen LogP contribution in [-0.4, -0.2) is 50.6 Å². The summed E-state index contributed by atoms with van der Waals surface area (Å²) < 4.78 is 18.8. The van der Waals surface area contributed by atoms with Gasteiger partial charge in [-0.15, -0.1) is 0 Å². The molecule has 1 saturated heterocycles. The average molecular weight is 430 g/mol. The van der Waals surface area contributed by atoms with Gasteiger partial charge in [-0.05, 0) is 49.2 Å². The number of hydrogen-bond acceptors (Lipinski definition) is 4. The van der Waals surface area contributed by atoms with Gasteiger partial charge in [0.1, 0.15) is 5.82 Å². The minimum absolute atomic E-state index is 0.0754. The zero-order valence-corrected chi connectivity index (χ0v) is 17.6. The highest BCUT2D eigenvalue weighted by atomic mass is 19.1. The lowest BCUT2D eigenvalue weighted by molar-refractivity contribution is -0.932. The molecule has 2 fully saturated rings. The molecule has 1 saturated carbocycles. The van der Waals surface area contributed by atoms with Gasteiger partial charge in [0.2, 0.25) is 0 Å². The van der Waals surface area contributed by atoms with E-state index < -0.39 is 11.8 Å². The molecule has 1 aliphatic carbocycles. The molecule has 166 valence electrons. The second kappa shape index (κ2) is 9.96. The van der Waals surface area contributed by atoms with Gasteiger partial charge in [0.25, 0.3) is 0 Å². The van der Waals surface area contributed by atoms with E-state index in [4.69, 9.17) is 4.42 Å². The molecule has 2 aliphatic rings. The SMILES string of the molecule is O=C(NC[C@@H](c1ccco1)[NH+]1CCN(c2ccc(F)cc2)CC1)C(=O)NC1CCCC1. The Labute approximate surface area is 181 Å². The number of amides is 2. The Morgan fingerprint density at radius 2 is 1.81 bits per heavy atom. The predicted molar refractivity (Wildman–Crippen MR) is 114 cm³/mol. The first-order valence-corrected chi connectivity index (χ1v) is 11.1. The molecule has 4 rings (SSSR count). The maximum atomic E-state index is 13.2. The summed E-state index contributed by atoms with van der Waals surface area (Å²) in [4.78, 5) is 28.1. The van der Waals surface area contributed by atoms with Crippen molar-refractivity contribution in [3.8, 4) is 0 Å². The van der Waals surface area contributed by atoms with Crippen molar-refractivity contribution >= 4 is 17.5 Å². The number of carbonyl (C=O) groups excluding carboxylic acids is 2. The fourth-order valence-electron chi connectivity index (χ4n) is 4.58. The molecule has 2 amide bonds. The number of benzene rings is 1. The summed E-state index contributed by atoms with van der Waals surface area (Å²) in [7, 11) is 0. The molecule has 7 nitrogen and oxygen atoms in total. The number of furan rings is 1. The van der Waals surface area contributed by atoms with Crippen molar-refractivity contribution in [2.45, 2.75) is 37.8 Å². The van der Waals surface area contributed by atoms with Crippen molar-refractivity contribution in [2.75, 3.05) is 37.6 Å². The molecular weight excluding hydrogens is 399 g/mol. The Morgan fingerprint density at radius 1 is 1.10 bits per heavy atom. The van der Waals surface area contributed by atoms with Crippen molar-refractivity contribution < 1.29 is 23.3 Å². The normalized spacial score (nSPS) is 18.7. The summed E-state index contributed by atoms with van der Waals surface area (Å²) in [5, 5.41) is 5.63. The summed E-state index contributed by atoms with van der Waals surface area (Å²) >= 11 is 0. The molecule has 1 aliphatic heterocycles. The molecule has 3 N–H and O–H groups in total. The molecule has 0 radical (unpaired) electrons. The monoisotopic (exact) mass is 429 g/mol. The van der Waals surface area contributed by atoms with Crippen LogP contribution in [0, 0.1) is 5.82 Å². The quantitative estimate of drug-likeness (QED) is 0.600. The van der Waals surface area contributed by atoms with Gasteiger partial charge < -0.3 is 24.9 Å². The molecule has 8 heteroatoms. The molecule has 1 aromatic heterocycles. The van der Waals surface area contributed by atoms with Crippen LogP contribution < -0.4 is 20.4 Å². The van der Waals surface area contributed by atoms with E-state index in [1.54, 1.807) is 18.4 Å². The first-order valence-electron chi connectivity index (χ1n) is 11.1. The third kappa shape index (κ3) is 5.44. The minimum Gasteiger partial charge on any atom is -0.463 e. The lowest BCUT2D eigenvalue weighted by Crippen LogP contribution is -3.15. The van der Waals surface area contributed by atoms with Crippen LogP contribution in [0.1, 0.15) is 37.5 Å². The Bertz CT molecular complexity index is 857. The lowest BCUT2D eigenvalue weighted by Gasteiger charge is -2.37. The third-order valence-corrected chi connectivity index (χ3v) is 6.34. The zero-order valence-electron chi connectivity index (χ0n) is 17.6. The molecule has 31 heavy (non-hydrogen) atoms. The van der Waals surface area contributed by atoms with Gasteiger partial charge in [-0.2, -0.15) is 0 Å². The largest absolute Gasteiger partial charge is 0.463 e. The minimum atomic E-state index is -0.590. The number of piperazine rings is 1. The van der Waals surface area contributed by atoms with Crippen LogP contribution in [0.4, 0.5) is 10.1 Å². The van der Waals surface area contributed by atoms with E-state index >= 15 is 0 Å². The summed E-state index contributed by atoms with van der Waals surface area (Å²) in [5.41, 5.74) is 1.01. The number of hydrogen-bond donors (Lipinski definition) is 3. The lowest BCUT2D eigenvalue weighted by atomic mass is 10.1. The topological polar surface area (TPSA) is 79.0 Å². The molecule has 1 atom stereocenters. The van der Waals surface area contributed by atoms with Crippen molar-refractivity contribution in [1.82, 2.24) is 10.6 Å². The van der Waals surface area contributed by atoms with Crippen LogP contribution in [0.15, 0.2) is 47.1 Å². The van der Waals surface area contributed by atoms with Gasteiger partial charge in [-0.3, -0.25) is 9.59 Å². The van der Waals surface area contributed by atoms with E-state index in [1.807, 2.05) is 12.1 Å². The molecule has 0 bridgehead atoms. The van der Waals surface area contributed by atoms with E-state index in [9.17, 15) is 14.0 Å². The average Bonchev–Trinajstić information content (AvgIpc) is 3.49.